The Hall–Kier alpha value is -1.44. The highest BCUT2D eigenvalue weighted by Crippen LogP contribution is 2.16. The standard InChI is InChI=1S/C11H13NO5S/c13-10(8-1-2-9(18-8)11(14)15)12-5-7-6-16-3-4-17-7/h1-2,7H,3-6H2,(H,12,13)(H,14,15). The molecular formula is C11H13NO5S. The third kappa shape index (κ3) is 3.28. The molecule has 98 valence electrons. The predicted molar refractivity (Wildman–Crippen MR) is 64.2 cm³/mol. The second-order valence-electron chi connectivity index (χ2n) is 3.75. The van der Waals surface area contributed by atoms with Crippen LogP contribution in [0.3, 0.4) is 0 Å². The molecule has 0 aliphatic carbocycles. The minimum absolute atomic E-state index is 0.137. The van der Waals surface area contributed by atoms with Crippen LogP contribution in [0.25, 0.3) is 0 Å². The summed E-state index contributed by atoms with van der Waals surface area (Å²) in [4.78, 5) is 22.9. The van der Waals surface area contributed by atoms with Gasteiger partial charge in [0.15, 0.2) is 0 Å². The molecule has 1 atom stereocenters. The Labute approximate surface area is 108 Å². The summed E-state index contributed by atoms with van der Waals surface area (Å²) in [5.74, 6) is -1.32. The third-order valence-corrected chi connectivity index (χ3v) is 3.49. The molecule has 7 heteroatoms. The molecule has 0 spiro atoms. The molecule has 1 aliphatic heterocycles. The summed E-state index contributed by atoms with van der Waals surface area (Å²) in [7, 11) is 0. The molecule has 0 radical (unpaired) electrons. The summed E-state index contributed by atoms with van der Waals surface area (Å²) < 4.78 is 10.6. The van der Waals surface area contributed by atoms with Gasteiger partial charge in [-0.15, -0.1) is 11.3 Å². The number of carbonyl (C=O) groups excluding carboxylic acids is 1. The molecule has 0 aromatic carbocycles. The Morgan fingerprint density at radius 2 is 2.17 bits per heavy atom. The van der Waals surface area contributed by atoms with Crippen molar-refractivity contribution in [3.8, 4) is 0 Å². The number of amides is 1. The zero-order chi connectivity index (χ0) is 13.0. The maximum Gasteiger partial charge on any atom is 0.345 e. The van der Waals surface area contributed by atoms with E-state index in [4.69, 9.17) is 14.6 Å². The molecule has 0 saturated carbocycles. The van der Waals surface area contributed by atoms with Gasteiger partial charge < -0.3 is 19.9 Å². The van der Waals surface area contributed by atoms with Crippen LogP contribution in [0.1, 0.15) is 19.3 Å². The van der Waals surface area contributed by atoms with Crippen LogP contribution in [0.15, 0.2) is 12.1 Å². The predicted octanol–water partition coefficient (Wildman–Crippen LogP) is 0.591. The Morgan fingerprint density at radius 1 is 1.39 bits per heavy atom. The summed E-state index contributed by atoms with van der Waals surface area (Å²) in [6, 6.07) is 2.92. The van der Waals surface area contributed by atoms with Crippen LogP contribution in [-0.2, 0) is 9.47 Å². The number of hydrogen-bond donors (Lipinski definition) is 2. The number of carboxylic acid groups (broad SMARTS) is 1. The molecule has 1 aliphatic rings. The Balaban J connectivity index is 1.84. The summed E-state index contributed by atoms with van der Waals surface area (Å²) in [5.41, 5.74) is 0. The van der Waals surface area contributed by atoms with Crippen LogP contribution in [0, 0.1) is 0 Å². The first-order valence-electron chi connectivity index (χ1n) is 5.47. The first-order valence-corrected chi connectivity index (χ1v) is 6.29. The van der Waals surface area contributed by atoms with Crippen LogP contribution >= 0.6 is 11.3 Å². The van der Waals surface area contributed by atoms with Crippen molar-refractivity contribution < 1.29 is 24.2 Å². The summed E-state index contributed by atoms with van der Waals surface area (Å²) in [5, 5.41) is 11.5. The van der Waals surface area contributed by atoms with Crippen molar-refractivity contribution in [1.29, 1.82) is 0 Å². The van der Waals surface area contributed by atoms with Gasteiger partial charge in [-0.1, -0.05) is 0 Å². The number of nitrogens with one attached hydrogen (secondary N) is 1. The normalized spacial score (nSPS) is 19.4. The van der Waals surface area contributed by atoms with Gasteiger partial charge in [0.2, 0.25) is 0 Å². The fourth-order valence-corrected chi connectivity index (χ4v) is 2.28. The van der Waals surface area contributed by atoms with Gasteiger partial charge >= 0.3 is 5.97 Å². The summed E-state index contributed by atoms with van der Waals surface area (Å²) in [6.45, 7) is 1.93. The SMILES string of the molecule is O=C(O)c1ccc(C(=O)NCC2COCCO2)s1. The molecule has 1 aromatic rings. The highest BCUT2D eigenvalue weighted by atomic mass is 32.1. The summed E-state index contributed by atoms with van der Waals surface area (Å²) >= 11 is 0.952. The molecule has 1 fully saturated rings. The number of carboxylic acids is 1. The molecular weight excluding hydrogens is 258 g/mol. The molecule has 2 heterocycles. The van der Waals surface area contributed by atoms with Gasteiger partial charge in [0.1, 0.15) is 4.88 Å². The van der Waals surface area contributed by atoms with E-state index in [1.165, 1.54) is 12.1 Å². The summed E-state index contributed by atoms with van der Waals surface area (Å²) in [6.07, 6.45) is -0.137. The zero-order valence-electron chi connectivity index (χ0n) is 9.55. The van der Waals surface area contributed by atoms with Gasteiger partial charge in [-0.3, -0.25) is 4.79 Å². The Kier molecular flexibility index (Phi) is 4.29. The number of thiophene rings is 1. The van der Waals surface area contributed by atoms with Gasteiger partial charge in [-0.05, 0) is 12.1 Å². The van der Waals surface area contributed by atoms with Crippen LogP contribution in [0.5, 0.6) is 0 Å². The lowest BCUT2D eigenvalue weighted by Crippen LogP contribution is -2.39. The van der Waals surface area contributed by atoms with E-state index in [1.54, 1.807) is 0 Å². The number of rotatable bonds is 4. The first-order chi connectivity index (χ1) is 8.66. The maximum atomic E-state index is 11.7. The molecule has 1 saturated heterocycles. The average Bonchev–Trinajstić information content (AvgIpc) is 2.87. The van der Waals surface area contributed by atoms with Crippen LogP contribution in [0.4, 0.5) is 0 Å². The number of hydrogen-bond acceptors (Lipinski definition) is 5. The minimum atomic E-state index is -1.02. The van der Waals surface area contributed by atoms with Crippen LogP contribution < -0.4 is 5.32 Å². The van der Waals surface area contributed by atoms with E-state index in [2.05, 4.69) is 5.32 Å². The quantitative estimate of drug-likeness (QED) is 0.837. The fraction of sp³-hybridized carbons (Fsp3) is 0.455. The first kappa shape index (κ1) is 13.0. The monoisotopic (exact) mass is 271 g/mol. The number of carbonyl (C=O) groups is 2. The van der Waals surface area contributed by atoms with Crippen LogP contribution in [0.2, 0.25) is 0 Å². The molecule has 6 nitrogen and oxygen atoms in total. The lowest BCUT2D eigenvalue weighted by molar-refractivity contribution is -0.0855. The highest BCUT2D eigenvalue weighted by molar-refractivity contribution is 7.15. The van der Waals surface area contributed by atoms with Crippen molar-refractivity contribution in [3.63, 3.8) is 0 Å². The fourth-order valence-electron chi connectivity index (χ4n) is 1.52. The largest absolute Gasteiger partial charge is 0.477 e. The van der Waals surface area contributed by atoms with E-state index in [0.717, 1.165) is 11.3 Å². The smallest absolute Gasteiger partial charge is 0.345 e. The third-order valence-electron chi connectivity index (χ3n) is 2.42. The van der Waals surface area contributed by atoms with Gasteiger partial charge in [-0.25, -0.2) is 4.79 Å². The van der Waals surface area contributed by atoms with Crippen molar-refractivity contribution in [2.75, 3.05) is 26.4 Å². The second-order valence-corrected chi connectivity index (χ2v) is 4.83. The average molecular weight is 271 g/mol. The lowest BCUT2D eigenvalue weighted by Gasteiger charge is -2.22. The zero-order valence-corrected chi connectivity index (χ0v) is 10.4. The van der Waals surface area contributed by atoms with E-state index in [1.807, 2.05) is 0 Å². The highest BCUT2D eigenvalue weighted by Gasteiger charge is 2.17. The van der Waals surface area contributed by atoms with Crippen molar-refractivity contribution >= 4 is 23.2 Å². The van der Waals surface area contributed by atoms with Gasteiger partial charge in [0.25, 0.3) is 5.91 Å². The van der Waals surface area contributed by atoms with Crippen molar-refractivity contribution in [3.05, 3.63) is 21.9 Å². The second kappa shape index (κ2) is 5.94. The van der Waals surface area contributed by atoms with Crippen LogP contribution in [-0.4, -0.2) is 49.5 Å². The van der Waals surface area contributed by atoms with E-state index < -0.39 is 5.97 Å². The Morgan fingerprint density at radius 3 is 2.78 bits per heavy atom. The number of aromatic carboxylic acids is 1. The maximum absolute atomic E-state index is 11.7. The lowest BCUT2D eigenvalue weighted by atomic mass is 10.3. The van der Waals surface area contributed by atoms with Crippen molar-refractivity contribution in [2.45, 2.75) is 6.10 Å². The van der Waals surface area contributed by atoms with Gasteiger partial charge in [0.05, 0.1) is 30.8 Å². The topological polar surface area (TPSA) is 84.9 Å². The molecule has 2 rings (SSSR count). The van der Waals surface area contributed by atoms with Gasteiger partial charge in [-0.2, -0.15) is 0 Å². The molecule has 18 heavy (non-hydrogen) atoms. The Bertz CT molecular complexity index is 438. The van der Waals surface area contributed by atoms with Crippen molar-refractivity contribution in [2.24, 2.45) is 0 Å². The van der Waals surface area contributed by atoms with E-state index in [-0.39, 0.29) is 16.9 Å². The molecule has 2 N–H and O–H groups in total. The van der Waals surface area contributed by atoms with E-state index in [9.17, 15) is 9.59 Å². The van der Waals surface area contributed by atoms with Crippen molar-refractivity contribution in [1.82, 2.24) is 5.32 Å². The van der Waals surface area contributed by atoms with E-state index in [0.29, 0.717) is 31.2 Å². The van der Waals surface area contributed by atoms with Gasteiger partial charge in [0, 0.05) is 6.54 Å². The molecule has 1 aromatic heterocycles. The van der Waals surface area contributed by atoms with E-state index >= 15 is 0 Å². The molecule has 1 unspecified atom stereocenters. The molecule has 0 bridgehead atoms. The minimum Gasteiger partial charge on any atom is -0.477 e. The number of ether oxygens (including phenoxy) is 2. The molecule has 1 amide bonds.